The van der Waals surface area contributed by atoms with Gasteiger partial charge in [0.05, 0.1) is 5.69 Å². The zero-order chi connectivity index (χ0) is 12.7. The van der Waals surface area contributed by atoms with Crippen LogP contribution in [0.3, 0.4) is 0 Å². The number of nitrogens with one attached hydrogen (secondary N) is 1. The van der Waals surface area contributed by atoms with E-state index in [4.69, 9.17) is 5.11 Å². The van der Waals surface area contributed by atoms with Gasteiger partial charge < -0.3 is 10.4 Å². The summed E-state index contributed by atoms with van der Waals surface area (Å²) in [4.78, 5) is 11.8. The zero-order valence-corrected chi connectivity index (χ0v) is 10.6. The Bertz CT molecular complexity index is 361. The molecule has 0 aliphatic heterocycles. The Kier molecular flexibility index (Phi) is 5.69. The van der Waals surface area contributed by atoms with Crippen molar-refractivity contribution < 1.29 is 9.90 Å². The summed E-state index contributed by atoms with van der Waals surface area (Å²) in [5.41, 5.74) is 1.53. The molecule has 0 aromatic carbocycles. The van der Waals surface area contributed by atoms with Crippen LogP contribution >= 0.6 is 0 Å². The largest absolute Gasteiger partial charge is 0.396 e. The van der Waals surface area contributed by atoms with Crippen molar-refractivity contribution >= 4 is 5.91 Å². The van der Waals surface area contributed by atoms with Crippen LogP contribution in [0.1, 0.15) is 42.4 Å². The summed E-state index contributed by atoms with van der Waals surface area (Å²) < 4.78 is 1.61. The van der Waals surface area contributed by atoms with E-state index in [1.54, 1.807) is 11.7 Å². The van der Waals surface area contributed by atoms with E-state index in [-0.39, 0.29) is 12.5 Å². The summed E-state index contributed by atoms with van der Waals surface area (Å²) in [5.74, 6) is -0.0799. The fourth-order valence-corrected chi connectivity index (χ4v) is 1.62. The van der Waals surface area contributed by atoms with Gasteiger partial charge in [-0.25, -0.2) is 0 Å². The van der Waals surface area contributed by atoms with Gasteiger partial charge >= 0.3 is 0 Å². The van der Waals surface area contributed by atoms with E-state index >= 15 is 0 Å². The topological polar surface area (TPSA) is 67.2 Å². The number of aromatic nitrogens is 2. The monoisotopic (exact) mass is 239 g/mol. The molecule has 1 amide bonds. The van der Waals surface area contributed by atoms with Crippen LogP contribution in [0, 0.1) is 0 Å². The summed E-state index contributed by atoms with van der Waals surface area (Å²) >= 11 is 0. The normalized spacial score (nSPS) is 10.5. The Hall–Kier alpha value is -1.36. The molecule has 1 rings (SSSR count). The van der Waals surface area contributed by atoms with E-state index < -0.39 is 0 Å². The molecule has 96 valence electrons. The molecule has 0 bridgehead atoms. The number of carbonyl (C=O) groups is 1. The van der Waals surface area contributed by atoms with Crippen molar-refractivity contribution in [3.05, 3.63) is 17.5 Å². The number of amides is 1. The highest BCUT2D eigenvalue weighted by Crippen LogP contribution is 2.03. The van der Waals surface area contributed by atoms with Crippen LogP contribution in [-0.2, 0) is 13.5 Å². The second kappa shape index (κ2) is 7.06. The first-order valence-corrected chi connectivity index (χ1v) is 6.11. The molecule has 1 heterocycles. The maximum absolute atomic E-state index is 11.8. The lowest BCUT2D eigenvalue weighted by atomic mass is 10.2. The fraction of sp³-hybridized carbons (Fsp3) is 0.667. The van der Waals surface area contributed by atoms with Crippen LogP contribution in [0.4, 0.5) is 0 Å². The van der Waals surface area contributed by atoms with Crippen molar-refractivity contribution in [2.24, 2.45) is 7.05 Å². The highest BCUT2D eigenvalue weighted by atomic mass is 16.2. The molecule has 0 aliphatic carbocycles. The number of nitrogens with zero attached hydrogens (tertiary/aromatic N) is 2. The number of aliphatic hydroxyl groups excluding tert-OH is 1. The Balaban J connectivity index is 2.38. The average Bonchev–Trinajstić information content (AvgIpc) is 2.70. The van der Waals surface area contributed by atoms with Crippen LogP contribution in [0.5, 0.6) is 0 Å². The van der Waals surface area contributed by atoms with Gasteiger partial charge in [0, 0.05) is 20.2 Å². The first-order valence-electron chi connectivity index (χ1n) is 6.11. The summed E-state index contributed by atoms with van der Waals surface area (Å²) in [6.45, 7) is 2.87. The van der Waals surface area contributed by atoms with Gasteiger partial charge in [-0.1, -0.05) is 6.92 Å². The molecule has 0 saturated heterocycles. The molecule has 0 unspecified atom stereocenters. The summed E-state index contributed by atoms with van der Waals surface area (Å²) in [5, 5.41) is 15.7. The fourth-order valence-electron chi connectivity index (χ4n) is 1.62. The van der Waals surface area contributed by atoms with E-state index in [2.05, 4.69) is 10.4 Å². The first kappa shape index (κ1) is 13.7. The molecule has 5 nitrogen and oxygen atoms in total. The van der Waals surface area contributed by atoms with Crippen LogP contribution in [0.2, 0.25) is 0 Å². The lowest BCUT2D eigenvalue weighted by Crippen LogP contribution is -2.26. The van der Waals surface area contributed by atoms with Crippen LogP contribution in [0.25, 0.3) is 0 Å². The minimum absolute atomic E-state index is 0.0799. The van der Waals surface area contributed by atoms with E-state index in [1.165, 1.54) is 0 Å². The number of hydrogen-bond acceptors (Lipinski definition) is 3. The molecule has 0 fully saturated rings. The number of hydrogen-bond donors (Lipinski definition) is 2. The Morgan fingerprint density at radius 3 is 2.82 bits per heavy atom. The van der Waals surface area contributed by atoms with E-state index in [9.17, 15) is 4.79 Å². The molecule has 0 spiro atoms. The first-order chi connectivity index (χ1) is 8.19. The minimum Gasteiger partial charge on any atom is -0.396 e. The molecular weight excluding hydrogens is 218 g/mol. The maximum atomic E-state index is 11.8. The number of carbonyl (C=O) groups excluding carboxylic acids is 1. The van der Waals surface area contributed by atoms with Gasteiger partial charge in [-0.2, -0.15) is 5.10 Å². The lowest BCUT2D eigenvalue weighted by molar-refractivity contribution is 0.0943. The second-order valence-electron chi connectivity index (χ2n) is 4.04. The SMILES string of the molecule is CCc1cc(C(=O)NCCCCCO)n(C)n1. The number of aliphatic hydroxyl groups is 1. The zero-order valence-electron chi connectivity index (χ0n) is 10.6. The molecule has 5 heteroatoms. The Labute approximate surface area is 102 Å². The molecule has 0 saturated carbocycles. The smallest absolute Gasteiger partial charge is 0.269 e. The van der Waals surface area contributed by atoms with Crippen molar-refractivity contribution in [3.63, 3.8) is 0 Å². The number of aryl methyl sites for hydroxylation is 2. The molecule has 1 aromatic rings. The van der Waals surface area contributed by atoms with Gasteiger partial charge in [0.15, 0.2) is 0 Å². The van der Waals surface area contributed by atoms with Gasteiger partial charge in [-0.3, -0.25) is 9.48 Å². The molecule has 17 heavy (non-hydrogen) atoms. The van der Waals surface area contributed by atoms with Crippen molar-refractivity contribution in [1.29, 1.82) is 0 Å². The maximum Gasteiger partial charge on any atom is 0.269 e. The quantitative estimate of drug-likeness (QED) is 0.694. The van der Waals surface area contributed by atoms with E-state index in [1.807, 2.05) is 13.0 Å². The van der Waals surface area contributed by atoms with Gasteiger partial charge in [0.1, 0.15) is 5.69 Å². The predicted molar refractivity (Wildman–Crippen MR) is 65.9 cm³/mol. The van der Waals surface area contributed by atoms with Crippen LogP contribution < -0.4 is 5.32 Å². The Morgan fingerprint density at radius 2 is 2.24 bits per heavy atom. The third-order valence-corrected chi connectivity index (χ3v) is 2.65. The van der Waals surface area contributed by atoms with Crippen molar-refractivity contribution in [1.82, 2.24) is 15.1 Å². The van der Waals surface area contributed by atoms with Crippen LogP contribution in [0.15, 0.2) is 6.07 Å². The second-order valence-corrected chi connectivity index (χ2v) is 4.04. The summed E-state index contributed by atoms with van der Waals surface area (Å²) in [6, 6.07) is 1.82. The molecular formula is C12H21N3O2. The van der Waals surface area contributed by atoms with Crippen molar-refractivity contribution in [2.45, 2.75) is 32.6 Å². The summed E-state index contributed by atoms with van der Waals surface area (Å²) in [7, 11) is 1.78. The third kappa shape index (κ3) is 4.19. The standard InChI is InChI=1S/C12H21N3O2/c1-3-10-9-11(15(2)14-10)12(17)13-7-5-4-6-8-16/h9,16H,3-8H2,1-2H3,(H,13,17). The van der Waals surface area contributed by atoms with Gasteiger partial charge in [0.2, 0.25) is 0 Å². The van der Waals surface area contributed by atoms with E-state index in [0.717, 1.165) is 31.4 Å². The lowest BCUT2D eigenvalue weighted by Gasteiger charge is -2.04. The van der Waals surface area contributed by atoms with Gasteiger partial charge in [0.25, 0.3) is 5.91 Å². The average molecular weight is 239 g/mol. The molecule has 1 aromatic heterocycles. The van der Waals surface area contributed by atoms with Gasteiger partial charge in [-0.15, -0.1) is 0 Å². The van der Waals surface area contributed by atoms with Gasteiger partial charge in [-0.05, 0) is 31.7 Å². The third-order valence-electron chi connectivity index (χ3n) is 2.65. The molecule has 0 atom stereocenters. The Morgan fingerprint density at radius 1 is 1.47 bits per heavy atom. The molecule has 2 N–H and O–H groups in total. The van der Waals surface area contributed by atoms with E-state index in [0.29, 0.717) is 12.2 Å². The minimum atomic E-state index is -0.0799. The predicted octanol–water partition coefficient (Wildman–Crippen LogP) is 0.875. The number of unbranched alkanes of at least 4 members (excludes halogenated alkanes) is 2. The van der Waals surface area contributed by atoms with Crippen LogP contribution in [-0.4, -0.2) is 33.9 Å². The summed E-state index contributed by atoms with van der Waals surface area (Å²) in [6.07, 6.45) is 3.45. The molecule has 0 aliphatic rings. The highest BCUT2D eigenvalue weighted by Gasteiger charge is 2.11. The van der Waals surface area contributed by atoms with Crippen molar-refractivity contribution in [3.8, 4) is 0 Å². The number of rotatable bonds is 7. The van der Waals surface area contributed by atoms with Crippen molar-refractivity contribution in [2.75, 3.05) is 13.2 Å². The molecule has 0 radical (unpaired) electrons. The highest BCUT2D eigenvalue weighted by molar-refractivity contribution is 5.92.